The molecule has 1 aromatic carbocycles. The van der Waals surface area contributed by atoms with E-state index < -0.39 is 0 Å². The number of thiocarbonyl (C=S) groups is 1. The first kappa shape index (κ1) is 22.4. The fourth-order valence-electron chi connectivity index (χ4n) is 4.27. The van der Waals surface area contributed by atoms with Crippen LogP contribution in [0.4, 0.5) is 5.88 Å². The molecule has 0 spiro atoms. The molecule has 34 heavy (non-hydrogen) atoms. The lowest BCUT2D eigenvalue weighted by Crippen LogP contribution is -2.34. The molecule has 0 atom stereocenters. The highest BCUT2D eigenvalue weighted by Gasteiger charge is 2.33. The molecule has 0 N–H and O–H groups in total. The van der Waals surface area contributed by atoms with E-state index >= 15 is 0 Å². The van der Waals surface area contributed by atoms with Crippen molar-refractivity contribution >= 4 is 46.2 Å². The lowest BCUT2D eigenvalue weighted by atomic mass is 9.90. The van der Waals surface area contributed by atoms with Gasteiger partial charge < -0.3 is 13.7 Å². The van der Waals surface area contributed by atoms with Gasteiger partial charge in [0.25, 0.3) is 5.91 Å². The molecule has 2 fully saturated rings. The Hall–Kier alpha value is -3.35. The van der Waals surface area contributed by atoms with Crippen molar-refractivity contribution in [2.45, 2.75) is 25.8 Å². The molecule has 0 bridgehead atoms. The Morgan fingerprint density at radius 3 is 2.71 bits per heavy atom. The average molecular weight is 491 g/mol. The van der Waals surface area contributed by atoms with Gasteiger partial charge in [-0.3, -0.25) is 9.69 Å². The van der Waals surface area contributed by atoms with Crippen LogP contribution in [0.15, 0.2) is 62.5 Å². The van der Waals surface area contributed by atoms with Gasteiger partial charge in [0.2, 0.25) is 17.5 Å². The Balaban J connectivity index is 1.27. The van der Waals surface area contributed by atoms with Crippen molar-refractivity contribution in [3.8, 4) is 6.07 Å². The molecule has 4 heterocycles. The summed E-state index contributed by atoms with van der Waals surface area (Å²) in [5, 5.41) is 9.62. The van der Waals surface area contributed by atoms with Crippen molar-refractivity contribution in [1.29, 1.82) is 5.26 Å². The van der Waals surface area contributed by atoms with Crippen LogP contribution < -0.4 is 4.90 Å². The van der Waals surface area contributed by atoms with Gasteiger partial charge in [-0.05, 0) is 42.9 Å². The number of hydrogen-bond donors (Lipinski definition) is 0. The van der Waals surface area contributed by atoms with E-state index in [0.717, 1.165) is 32.4 Å². The predicted octanol–water partition coefficient (Wildman–Crippen LogP) is 5.00. The van der Waals surface area contributed by atoms with Crippen LogP contribution in [-0.2, 0) is 17.8 Å². The zero-order chi connectivity index (χ0) is 23.5. The molecule has 2 aromatic heterocycles. The minimum absolute atomic E-state index is 0.230. The Morgan fingerprint density at radius 1 is 1.21 bits per heavy atom. The quantitative estimate of drug-likeness (QED) is 0.352. The maximum Gasteiger partial charge on any atom is 0.266 e. The molecule has 0 radical (unpaired) electrons. The zero-order valence-electron chi connectivity index (χ0n) is 18.3. The number of rotatable bonds is 6. The summed E-state index contributed by atoms with van der Waals surface area (Å²) in [6.45, 7) is 1.87. The zero-order valence-corrected chi connectivity index (χ0v) is 20.0. The van der Waals surface area contributed by atoms with E-state index in [9.17, 15) is 10.1 Å². The third kappa shape index (κ3) is 4.79. The average Bonchev–Trinajstić information content (AvgIpc) is 3.57. The van der Waals surface area contributed by atoms with Gasteiger partial charge in [-0.15, -0.1) is 0 Å². The maximum absolute atomic E-state index is 12.9. The first-order chi connectivity index (χ1) is 16.6. The number of carbonyl (C=O) groups is 1. The fraction of sp³-hybridized carbons (Fsp3) is 0.280. The van der Waals surface area contributed by atoms with Crippen LogP contribution in [-0.4, -0.2) is 33.2 Å². The van der Waals surface area contributed by atoms with E-state index in [-0.39, 0.29) is 24.0 Å². The second kappa shape index (κ2) is 9.87. The van der Waals surface area contributed by atoms with E-state index in [2.05, 4.69) is 40.2 Å². The molecule has 1 amide bonds. The molecule has 7 nitrogen and oxygen atoms in total. The molecule has 3 aromatic rings. The van der Waals surface area contributed by atoms with Crippen LogP contribution in [0.5, 0.6) is 0 Å². The van der Waals surface area contributed by atoms with Crippen LogP contribution in [0.25, 0.3) is 6.08 Å². The lowest BCUT2D eigenvalue weighted by Gasteiger charge is -2.31. The molecule has 9 heteroatoms. The number of amides is 1. The maximum atomic E-state index is 12.9. The molecule has 2 aliphatic rings. The minimum atomic E-state index is -0.230. The predicted molar refractivity (Wildman–Crippen MR) is 134 cm³/mol. The van der Waals surface area contributed by atoms with Crippen molar-refractivity contribution < 1.29 is 13.6 Å². The van der Waals surface area contributed by atoms with Crippen LogP contribution in [0.1, 0.15) is 35.7 Å². The third-order valence-electron chi connectivity index (χ3n) is 6.02. The molecular formula is C25H22N4O3S2. The summed E-state index contributed by atoms with van der Waals surface area (Å²) in [4.78, 5) is 21.2. The number of hydrogen-bond acceptors (Lipinski definition) is 8. The van der Waals surface area contributed by atoms with Crippen molar-refractivity contribution in [3.63, 3.8) is 0 Å². The molecule has 2 saturated heterocycles. The van der Waals surface area contributed by atoms with Gasteiger partial charge in [-0.1, -0.05) is 54.3 Å². The summed E-state index contributed by atoms with van der Waals surface area (Å²) < 4.78 is 11.7. The molecule has 0 unspecified atom stereocenters. The van der Waals surface area contributed by atoms with Crippen LogP contribution >= 0.6 is 24.0 Å². The van der Waals surface area contributed by atoms with Gasteiger partial charge in [0.05, 0.1) is 17.7 Å². The van der Waals surface area contributed by atoms with E-state index in [4.69, 9.17) is 21.1 Å². The molecule has 2 aliphatic heterocycles. The van der Waals surface area contributed by atoms with Crippen LogP contribution in [0.3, 0.4) is 0 Å². The van der Waals surface area contributed by atoms with Gasteiger partial charge in [-0.2, -0.15) is 10.2 Å². The van der Waals surface area contributed by atoms with Gasteiger partial charge in [-0.25, -0.2) is 0 Å². The smallest absolute Gasteiger partial charge is 0.266 e. The number of carbonyl (C=O) groups excluding carboxylic acids is 1. The standard InChI is InChI=1S/C25H22N4O3S2/c26-15-20-24(28-10-8-18(9-11-28)13-17-5-2-1-3-6-17)32-22(27-20)14-21-23(30)29(25(33)34-21)16-19-7-4-12-31-19/h1-7,12,14,18H,8-11,13,16H2. The monoisotopic (exact) mass is 490 g/mol. The number of anilines is 1. The van der Waals surface area contributed by atoms with E-state index in [1.165, 1.54) is 22.2 Å². The molecule has 5 rings (SSSR count). The number of furan rings is 1. The molecule has 0 aliphatic carbocycles. The summed E-state index contributed by atoms with van der Waals surface area (Å²) in [5.74, 6) is 1.72. The fourth-order valence-corrected chi connectivity index (χ4v) is 5.49. The highest BCUT2D eigenvalue weighted by atomic mass is 32.2. The Bertz CT molecular complexity index is 1250. The van der Waals surface area contributed by atoms with Gasteiger partial charge in [0, 0.05) is 19.2 Å². The van der Waals surface area contributed by atoms with Crippen molar-refractivity contribution in [1.82, 2.24) is 9.88 Å². The summed E-state index contributed by atoms with van der Waals surface area (Å²) in [6.07, 6.45) is 6.21. The highest BCUT2D eigenvalue weighted by molar-refractivity contribution is 8.26. The number of benzene rings is 1. The number of nitrogens with zero attached hydrogens (tertiary/aromatic N) is 4. The summed E-state index contributed by atoms with van der Waals surface area (Å²) in [7, 11) is 0. The molecular weight excluding hydrogens is 468 g/mol. The highest BCUT2D eigenvalue weighted by Crippen LogP contribution is 2.35. The Morgan fingerprint density at radius 2 is 2.00 bits per heavy atom. The third-order valence-corrected chi connectivity index (χ3v) is 7.40. The van der Waals surface area contributed by atoms with Crippen LogP contribution in [0, 0.1) is 17.2 Å². The van der Waals surface area contributed by atoms with E-state index in [1.807, 2.05) is 6.07 Å². The number of oxazole rings is 1. The Labute approximate surface area is 207 Å². The minimum Gasteiger partial charge on any atom is -0.467 e. The largest absolute Gasteiger partial charge is 0.467 e. The van der Waals surface area contributed by atoms with E-state index in [1.54, 1.807) is 24.5 Å². The molecule has 0 saturated carbocycles. The lowest BCUT2D eigenvalue weighted by molar-refractivity contribution is -0.122. The number of piperidine rings is 1. The summed E-state index contributed by atoms with van der Waals surface area (Å²) in [6, 6.07) is 16.2. The van der Waals surface area contributed by atoms with Gasteiger partial charge in [0.1, 0.15) is 16.2 Å². The first-order valence-corrected chi connectivity index (χ1v) is 12.3. The van der Waals surface area contributed by atoms with Gasteiger partial charge >= 0.3 is 0 Å². The topological polar surface area (TPSA) is 86.5 Å². The first-order valence-electron chi connectivity index (χ1n) is 11.1. The normalized spacial score (nSPS) is 18.1. The van der Waals surface area contributed by atoms with Crippen LogP contribution in [0.2, 0.25) is 0 Å². The summed E-state index contributed by atoms with van der Waals surface area (Å²) >= 11 is 6.56. The van der Waals surface area contributed by atoms with Crippen molar-refractivity contribution in [3.05, 3.63) is 76.5 Å². The number of aromatic nitrogens is 1. The van der Waals surface area contributed by atoms with Gasteiger partial charge in [0.15, 0.2) is 0 Å². The number of thioether (sulfide) groups is 1. The molecule has 172 valence electrons. The second-order valence-electron chi connectivity index (χ2n) is 8.29. The van der Waals surface area contributed by atoms with E-state index in [0.29, 0.717) is 26.8 Å². The van der Waals surface area contributed by atoms with Crippen molar-refractivity contribution in [2.75, 3.05) is 18.0 Å². The SMILES string of the molecule is N#Cc1nc(C=C2SC(=S)N(Cc3ccco3)C2=O)oc1N1CCC(Cc2ccccc2)CC1. The summed E-state index contributed by atoms with van der Waals surface area (Å²) in [5.41, 5.74) is 1.59. The number of nitriles is 1. The second-order valence-corrected chi connectivity index (χ2v) is 9.96. The Kier molecular flexibility index (Phi) is 6.52. The van der Waals surface area contributed by atoms with Crippen molar-refractivity contribution in [2.24, 2.45) is 5.92 Å².